The summed E-state index contributed by atoms with van der Waals surface area (Å²) in [5.74, 6) is 0.632. The molecule has 0 bridgehead atoms. The van der Waals surface area contributed by atoms with E-state index < -0.39 is 0 Å². The van der Waals surface area contributed by atoms with Crippen LogP contribution in [0.15, 0.2) is 46.3 Å². The number of benzene rings is 2. The van der Waals surface area contributed by atoms with Gasteiger partial charge in [0.15, 0.2) is 16.7 Å². The Morgan fingerprint density at radius 3 is 2.33 bits per heavy atom. The quantitative estimate of drug-likeness (QED) is 0.495. The van der Waals surface area contributed by atoms with Crippen molar-refractivity contribution in [3.8, 4) is 11.5 Å². The van der Waals surface area contributed by atoms with Crippen LogP contribution in [-0.2, 0) is 4.79 Å². The lowest BCUT2D eigenvalue weighted by Crippen LogP contribution is -2.28. The molecule has 1 heterocycles. The predicted octanol–water partition coefficient (Wildman–Crippen LogP) is 5.90. The first-order chi connectivity index (χ1) is 14.5. The molecule has 5 nitrogen and oxygen atoms in total. The monoisotopic (exact) mass is 448 g/mol. The number of amides is 1. The molecular formula is C22H22ClFN2O3S. The number of carbonyl (C=O) groups is 1. The largest absolute Gasteiger partial charge is 0.490 e. The van der Waals surface area contributed by atoms with Gasteiger partial charge in [0.25, 0.3) is 5.91 Å². The summed E-state index contributed by atoms with van der Waals surface area (Å²) in [7, 11) is 0. The van der Waals surface area contributed by atoms with Crippen molar-refractivity contribution in [2.45, 2.75) is 20.8 Å². The van der Waals surface area contributed by atoms with E-state index in [1.54, 1.807) is 35.2 Å². The van der Waals surface area contributed by atoms with E-state index in [2.05, 4.69) is 4.99 Å². The van der Waals surface area contributed by atoms with Crippen LogP contribution in [0, 0.1) is 5.82 Å². The van der Waals surface area contributed by atoms with Gasteiger partial charge in [-0.1, -0.05) is 11.6 Å². The summed E-state index contributed by atoms with van der Waals surface area (Å²) < 4.78 is 24.4. The van der Waals surface area contributed by atoms with Crippen LogP contribution in [0.2, 0.25) is 5.02 Å². The Labute approximate surface area is 184 Å². The molecule has 158 valence electrons. The van der Waals surface area contributed by atoms with E-state index in [4.69, 9.17) is 21.1 Å². The van der Waals surface area contributed by atoms with Crippen LogP contribution in [0.5, 0.6) is 11.5 Å². The van der Waals surface area contributed by atoms with Crippen molar-refractivity contribution in [3.05, 3.63) is 57.7 Å². The van der Waals surface area contributed by atoms with Gasteiger partial charge >= 0.3 is 0 Å². The van der Waals surface area contributed by atoms with E-state index in [-0.39, 0.29) is 11.7 Å². The van der Waals surface area contributed by atoms with Crippen molar-refractivity contribution in [3.63, 3.8) is 0 Å². The topological polar surface area (TPSA) is 51.1 Å². The van der Waals surface area contributed by atoms with Gasteiger partial charge in [-0.05, 0) is 74.5 Å². The first-order valence-electron chi connectivity index (χ1n) is 9.61. The Morgan fingerprint density at radius 1 is 1.10 bits per heavy atom. The molecule has 2 aromatic carbocycles. The third-order valence-corrected chi connectivity index (χ3v) is 5.54. The Hall–Kier alpha value is -2.51. The van der Waals surface area contributed by atoms with Crippen LogP contribution < -0.4 is 9.47 Å². The Bertz CT molecular complexity index is 993. The first kappa shape index (κ1) is 22.2. The second kappa shape index (κ2) is 10.00. The van der Waals surface area contributed by atoms with Gasteiger partial charge in [0.2, 0.25) is 0 Å². The number of rotatable bonds is 7. The fourth-order valence-corrected chi connectivity index (χ4v) is 4.10. The molecule has 0 unspecified atom stereocenters. The highest BCUT2D eigenvalue weighted by Crippen LogP contribution is 2.38. The van der Waals surface area contributed by atoms with Crippen LogP contribution in [0.3, 0.4) is 0 Å². The molecule has 0 radical (unpaired) electrons. The lowest BCUT2D eigenvalue weighted by atomic mass is 10.1. The molecule has 0 N–H and O–H groups in total. The molecule has 3 rings (SSSR count). The molecule has 0 atom stereocenters. The van der Waals surface area contributed by atoms with Crippen LogP contribution in [0.25, 0.3) is 6.08 Å². The minimum atomic E-state index is -0.336. The maximum absolute atomic E-state index is 13.2. The standard InChI is InChI=1S/C22H22ClFN2O3S/c1-4-26-21(27)20(30-22(26)25-16-9-7-15(24)8-10-16)12-14-11-18(28-5-2)19(29-6-3)13-17(14)23/h7-13H,4-6H2,1-3H3/b20-12+,25-22?. The number of halogens is 2. The number of hydrogen-bond acceptors (Lipinski definition) is 5. The number of amidine groups is 1. The number of nitrogens with zero attached hydrogens (tertiary/aromatic N) is 2. The molecule has 1 amide bonds. The van der Waals surface area contributed by atoms with Crippen molar-refractivity contribution in [2.75, 3.05) is 19.8 Å². The molecule has 0 saturated carbocycles. The van der Waals surface area contributed by atoms with Crippen molar-refractivity contribution >= 4 is 46.2 Å². The number of aliphatic imine (C=N–C) groups is 1. The van der Waals surface area contributed by atoms with E-state index in [1.165, 1.54) is 23.9 Å². The maximum atomic E-state index is 13.2. The zero-order valence-corrected chi connectivity index (χ0v) is 18.5. The zero-order valence-electron chi connectivity index (χ0n) is 16.9. The Balaban J connectivity index is 1.96. The number of hydrogen-bond donors (Lipinski definition) is 0. The summed E-state index contributed by atoms with van der Waals surface area (Å²) in [6.07, 6.45) is 1.73. The van der Waals surface area contributed by atoms with Gasteiger partial charge in [0.05, 0.1) is 28.8 Å². The fraction of sp³-hybridized carbons (Fsp3) is 0.273. The molecule has 30 heavy (non-hydrogen) atoms. The minimum Gasteiger partial charge on any atom is -0.490 e. The van der Waals surface area contributed by atoms with Gasteiger partial charge in [-0.25, -0.2) is 9.38 Å². The summed E-state index contributed by atoms with van der Waals surface area (Å²) >= 11 is 7.69. The SMILES string of the molecule is CCOc1cc(Cl)c(/C=C2/SC(=Nc3ccc(F)cc3)N(CC)C2=O)cc1OCC. The smallest absolute Gasteiger partial charge is 0.266 e. The first-order valence-corrected chi connectivity index (χ1v) is 10.8. The lowest BCUT2D eigenvalue weighted by molar-refractivity contribution is -0.122. The summed E-state index contributed by atoms with van der Waals surface area (Å²) in [5, 5.41) is 0.988. The molecular weight excluding hydrogens is 427 g/mol. The van der Waals surface area contributed by atoms with E-state index in [9.17, 15) is 9.18 Å². The van der Waals surface area contributed by atoms with E-state index in [0.29, 0.717) is 57.6 Å². The third kappa shape index (κ3) is 4.96. The summed E-state index contributed by atoms with van der Waals surface area (Å²) in [6.45, 7) is 7.07. The van der Waals surface area contributed by atoms with Gasteiger partial charge in [-0.15, -0.1) is 0 Å². The highest BCUT2D eigenvalue weighted by atomic mass is 35.5. The number of ether oxygens (including phenoxy) is 2. The summed E-state index contributed by atoms with van der Waals surface area (Å²) in [4.78, 5) is 19.5. The zero-order chi connectivity index (χ0) is 21.7. The van der Waals surface area contributed by atoms with E-state index in [0.717, 1.165) is 0 Å². The van der Waals surface area contributed by atoms with Gasteiger partial charge in [-0.2, -0.15) is 0 Å². The van der Waals surface area contributed by atoms with Crippen LogP contribution >= 0.6 is 23.4 Å². The summed E-state index contributed by atoms with van der Waals surface area (Å²) in [5.41, 5.74) is 1.22. The van der Waals surface area contributed by atoms with E-state index >= 15 is 0 Å². The fourth-order valence-electron chi connectivity index (χ4n) is 2.84. The molecule has 1 saturated heterocycles. The van der Waals surface area contributed by atoms with Gasteiger partial charge in [0, 0.05) is 12.6 Å². The predicted molar refractivity (Wildman–Crippen MR) is 120 cm³/mol. The average Bonchev–Trinajstić information content (AvgIpc) is 3.01. The Kier molecular flexibility index (Phi) is 7.39. The number of likely N-dealkylation sites (N-methyl/N-ethyl adjacent to an activating group) is 1. The van der Waals surface area contributed by atoms with Crippen LogP contribution in [-0.4, -0.2) is 35.7 Å². The van der Waals surface area contributed by atoms with Crippen molar-refractivity contribution < 1.29 is 18.7 Å². The average molecular weight is 449 g/mol. The van der Waals surface area contributed by atoms with E-state index in [1.807, 2.05) is 20.8 Å². The minimum absolute atomic E-state index is 0.161. The number of thioether (sulfide) groups is 1. The van der Waals surface area contributed by atoms with Crippen molar-refractivity contribution in [1.29, 1.82) is 0 Å². The molecule has 1 aliphatic heterocycles. The van der Waals surface area contributed by atoms with Gasteiger partial charge in [-0.3, -0.25) is 9.69 Å². The highest BCUT2D eigenvalue weighted by molar-refractivity contribution is 8.18. The van der Waals surface area contributed by atoms with Crippen molar-refractivity contribution in [1.82, 2.24) is 4.90 Å². The second-order valence-corrected chi connectivity index (χ2v) is 7.63. The van der Waals surface area contributed by atoms with Crippen molar-refractivity contribution in [2.24, 2.45) is 4.99 Å². The second-order valence-electron chi connectivity index (χ2n) is 6.22. The van der Waals surface area contributed by atoms with Gasteiger partial charge < -0.3 is 9.47 Å². The molecule has 8 heteroatoms. The summed E-state index contributed by atoms with van der Waals surface area (Å²) in [6, 6.07) is 9.27. The molecule has 1 fully saturated rings. The molecule has 0 aromatic heterocycles. The molecule has 1 aliphatic rings. The number of carbonyl (C=O) groups excluding carboxylic acids is 1. The third-order valence-electron chi connectivity index (χ3n) is 4.20. The van der Waals surface area contributed by atoms with Crippen LogP contribution in [0.4, 0.5) is 10.1 Å². The maximum Gasteiger partial charge on any atom is 0.266 e. The Morgan fingerprint density at radius 2 is 1.73 bits per heavy atom. The van der Waals surface area contributed by atoms with Gasteiger partial charge in [0.1, 0.15) is 5.82 Å². The van der Waals surface area contributed by atoms with Crippen LogP contribution in [0.1, 0.15) is 26.3 Å². The molecule has 2 aromatic rings. The molecule has 0 spiro atoms. The molecule has 0 aliphatic carbocycles. The normalized spacial score (nSPS) is 16.6. The highest BCUT2D eigenvalue weighted by Gasteiger charge is 2.32. The lowest BCUT2D eigenvalue weighted by Gasteiger charge is -2.13.